The van der Waals surface area contributed by atoms with E-state index in [0.29, 0.717) is 6.42 Å². The van der Waals surface area contributed by atoms with Gasteiger partial charge in [-0.15, -0.1) is 0 Å². The smallest absolute Gasteiger partial charge is 0.242 e. The number of hydrogen-bond donors (Lipinski definition) is 1. The van der Waals surface area contributed by atoms with Crippen LogP contribution in [0.5, 0.6) is 0 Å². The first kappa shape index (κ1) is 13.1. The molecule has 2 aromatic carbocycles. The van der Waals surface area contributed by atoms with Gasteiger partial charge in [-0.2, -0.15) is 0 Å². The largest absolute Gasteiger partial charge is 0.289 e. The van der Waals surface area contributed by atoms with Crippen LogP contribution in [0.2, 0.25) is 0 Å². The topological polar surface area (TPSA) is 32.3 Å². The number of benzene rings is 2. The summed E-state index contributed by atoms with van der Waals surface area (Å²) in [5, 5.41) is 1.74. The maximum absolute atomic E-state index is 12.0. The van der Waals surface area contributed by atoms with E-state index < -0.39 is 0 Å². The number of carbonyl (C=O) groups excluding carboxylic acids is 1. The summed E-state index contributed by atoms with van der Waals surface area (Å²) in [4.78, 5) is 12.0. The van der Waals surface area contributed by atoms with Crippen molar-refractivity contribution in [2.75, 3.05) is 12.1 Å². The molecule has 1 amide bonds. The number of hydrazine groups is 1. The number of para-hydroxylation sites is 1. The van der Waals surface area contributed by atoms with Crippen molar-refractivity contribution in [3.8, 4) is 0 Å². The molecule has 0 saturated carbocycles. The molecule has 0 radical (unpaired) electrons. The summed E-state index contributed by atoms with van der Waals surface area (Å²) < 4.78 is 0. The van der Waals surface area contributed by atoms with Gasteiger partial charge in [0, 0.05) is 7.05 Å². The number of nitrogens with one attached hydrogen (secondary N) is 1. The van der Waals surface area contributed by atoms with Gasteiger partial charge in [0.15, 0.2) is 0 Å². The standard InChI is InChI=1S/C16H18N2O/c1-13-8-6-7-9-14(13)12-16(19)17-18(2)15-10-4-3-5-11-15/h3-11H,12H2,1-2H3,(H,17,19). The van der Waals surface area contributed by atoms with E-state index in [2.05, 4.69) is 5.43 Å². The molecule has 0 unspecified atom stereocenters. The van der Waals surface area contributed by atoms with Crippen molar-refractivity contribution in [3.05, 3.63) is 65.7 Å². The molecule has 0 aliphatic carbocycles. The van der Waals surface area contributed by atoms with E-state index in [9.17, 15) is 4.79 Å². The van der Waals surface area contributed by atoms with Crippen molar-refractivity contribution in [2.24, 2.45) is 0 Å². The Hall–Kier alpha value is -2.29. The van der Waals surface area contributed by atoms with Crippen LogP contribution < -0.4 is 10.4 Å². The molecular formula is C16H18N2O. The van der Waals surface area contributed by atoms with E-state index in [1.54, 1.807) is 5.01 Å². The molecule has 0 atom stereocenters. The van der Waals surface area contributed by atoms with Gasteiger partial charge in [0.2, 0.25) is 5.91 Å². The van der Waals surface area contributed by atoms with Gasteiger partial charge in [0.25, 0.3) is 0 Å². The van der Waals surface area contributed by atoms with Crippen LogP contribution in [-0.2, 0) is 11.2 Å². The van der Waals surface area contributed by atoms with Crippen molar-refractivity contribution in [1.82, 2.24) is 5.43 Å². The second-order valence-corrected chi connectivity index (χ2v) is 4.53. The molecule has 3 nitrogen and oxygen atoms in total. The molecule has 2 rings (SSSR count). The molecule has 0 aliphatic rings. The molecule has 0 spiro atoms. The maximum Gasteiger partial charge on any atom is 0.242 e. The first-order valence-corrected chi connectivity index (χ1v) is 6.29. The van der Waals surface area contributed by atoms with Crippen LogP contribution in [0.25, 0.3) is 0 Å². The number of aryl methyl sites for hydroxylation is 1. The molecule has 1 N–H and O–H groups in total. The molecule has 0 bridgehead atoms. The number of anilines is 1. The van der Waals surface area contributed by atoms with Crippen molar-refractivity contribution in [3.63, 3.8) is 0 Å². The van der Waals surface area contributed by atoms with Gasteiger partial charge in [0.1, 0.15) is 0 Å². The molecule has 19 heavy (non-hydrogen) atoms. The fraction of sp³-hybridized carbons (Fsp3) is 0.188. The number of nitrogens with zero attached hydrogens (tertiary/aromatic N) is 1. The van der Waals surface area contributed by atoms with Crippen LogP contribution in [0.1, 0.15) is 11.1 Å². The Bertz CT molecular complexity index is 552. The lowest BCUT2D eigenvalue weighted by Crippen LogP contribution is -2.40. The minimum atomic E-state index is -0.0133. The Morgan fingerprint density at radius 3 is 2.37 bits per heavy atom. The second kappa shape index (κ2) is 6.05. The van der Waals surface area contributed by atoms with Gasteiger partial charge in [0.05, 0.1) is 12.1 Å². The minimum Gasteiger partial charge on any atom is -0.289 e. The van der Waals surface area contributed by atoms with E-state index >= 15 is 0 Å². The van der Waals surface area contributed by atoms with E-state index in [1.807, 2.05) is 68.6 Å². The van der Waals surface area contributed by atoms with Crippen molar-refractivity contribution < 1.29 is 4.79 Å². The van der Waals surface area contributed by atoms with E-state index in [1.165, 1.54) is 0 Å². The molecule has 0 fully saturated rings. The van der Waals surface area contributed by atoms with Crippen molar-refractivity contribution >= 4 is 11.6 Å². The zero-order valence-corrected chi connectivity index (χ0v) is 11.3. The summed E-state index contributed by atoms with van der Waals surface area (Å²) in [6.45, 7) is 2.02. The molecule has 98 valence electrons. The van der Waals surface area contributed by atoms with Gasteiger partial charge in [-0.1, -0.05) is 42.5 Å². The predicted molar refractivity (Wildman–Crippen MR) is 77.9 cm³/mol. The van der Waals surface area contributed by atoms with Gasteiger partial charge in [-0.05, 0) is 30.2 Å². The van der Waals surface area contributed by atoms with Crippen LogP contribution >= 0.6 is 0 Å². The van der Waals surface area contributed by atoms with Gasteiger partial charge >= 0.3 is 0 Å². The Labute approximate surface area is 113 Å². The lowest BCUT2D eigenvalue weighted by atomic mass is 10.1. The first-order valence-electron chi connectivity index (χ1n) is 6.29. The average molecular weight is 254 g/mol. The lowest BCUT2D eigenvalue weighted by molar-refractivity contribution is -0.120. The zero-order chi connectivity index (χ0) is 13.7. The van der Waals surface area contributed by atoms with Crippen LogP contribution in [0.3, 0.4) is 0 Å². The van der Waals surface area contributed by atoms with Crippen LogP contribution in [0, 0.1) is 6.92 Å². The summed E-state index contributed by atoms with van der Waals surface area (Å²) in [6, 6.07) is 17.7. The lowest BCUT2D eigenvalue weighted by Gasteiger charge is -2.20. The van der Waals surface area contributed by atoms with Crippen molar-refractivity contribution in [2.45, 2.75) is 13.3 Å². The van der Waals surface area contributed by atoms with Crippen molar-refractivity contribution in [1.29, 1.82) is 0 Å². The molecule has 2 aromatic rings. The fourth-order valence-corrected chi connectivity index (χ4v) is 1.92. The normalized spacial score (nSPS) is 10.0. The highest BCUT2D eigenvalue weighted by molar-refractivity contribution is 5.80. The quantitative estimate of drug-likeness (QED) is 0.851. The third kappa shape index (κ3) is 3.58. The summed E-state index contributed by atoms with van der Waals surface area (Å²) in [5.41, 5.74) is 6.02. The number of rotatable bonds is 4. The Morgan fingerprint density at radius 1 is 1.05 bits per heavy atom. The van der Waals surface area contributed by atoms with E-state index in [-0.39, 0.29) is 5.91 Å². The Kier molecular flexibility index (Phi) is 4.18. The number of hydrogen-bond acceptors (Lipinski definition) is 2. The zero-order valence-electron chi connectivity index (χ0n) is 11.3. The highest BCUT2D eigenvalue weighted by atomic mass is 16.2. The monoisotopic (exact) mass is 254 g/mol. The maximum atomic E-state index is 12.0. The van der Waals surface area contributed by atoms with Gasteiger partial charge < -0.3 is 0 Å². The van der Waals surface area contributed by atoms with E-state index in [0.717, 1.165) is 16.8 Å². The SMILES string of the molecule is Cc1ccccc1CC(=O)NN(C)c1ccccc1. The first-order chi connectivity index (χ1) is 9.16. The predicted octanol–water partition coefficient (Wildman–Crippen LogP) is 2.71. The van der Waals surface area contributed by atoms with Crippen LogP contribution in [-0.4, -0.2) is 13.0 Å². The average Bonchev–Trinajstić information content (AvgIpc) is 2.42. The molecule has 0 heterocycles. The Balaban J connectivity index is 1.97. The summed E-state index contributed by atoms with van der Waals surface area (Å²) in [5.74, 6) is -0.0133. The van der Waals surface area contributed by atoms with Crippen LogP contribution in [0.4, 0.5) is 5.69 Å². The number of carbonyl (C=O) groups is 1. The molecule has 0 aromatic heterocycles. The minimum absolute atomic E-state index is 0.0133. The number of amides is 1. The second-order valence-electron chi connectivity index (χ2n) is 4.53. The molecule has 0 saturated heterocycles. The summed E-state index contributed by atoms with van der Waals surface area (Å²) >= 11 is 0. The van der Waals surface area contributed by atoms with E-state index in [4.69, 9.17) is 0 Å². The third-order valence-electron chi connectivity index (χ3n) is 3.05. The molecule has 0 aliphatic heterocycles. The van der Waals surface area contributed by atoms with Crippen LogP contribution in [0.15, 0.2) is 54.6 Å². The molecular weight excluding hydrogens is 236 g/mol. The highest BCUT2D eigenvalue weighted by Gasteiger charge is 2.08. The summed E-state index contributed by atoms with van der Waals surface area (Å²) in [7, 11) is 1.84. The molecule has 3 heteroatoms. The fourth-order valence-electron chi connectivity index (χ4n) is 1.92. The van der Waals surface area contributed by atoms with Gasteiger partial charge in [-0.3, -0.25) is 15.2 Å². The summed E-state index contributed by atoms with van der Waals surface area (Å²) in [6.07, 6.45) is 0.393. The highest BCUT2D eigenvalue weighted by Crippen LogP contribution is 2.10. The third-order valence-corrected chi connectivity index (χ3v) is 3.05. The van der Waals surface area contributed by atoms with Gasteiger partial charge in [-0.25, -0.2) is 0 Å². The Morgan fingerprint density at radius 2 is 1.68 bits per heavy atom.